The minimum Gasteiger partial charge on any atom is -0.398 e. The molecule has 1 heterocycles. The second-order valence-corrected chi connectivity index (χ2v) is 5.79. The molecule has 0 saturated carbocycles. The molecule has 1 unspecified atom stereocenters. The zero-order valence-corrected chi connectivity index (χ0v) is 12.5. The molecule has 1 aliphatic heterocycles. The molecule has 1 fully saturated rings. The molecule has 4 heteroatoms. The molecule has 2 N–H and O–H groups in total. The smallest absolute Gasteiger partial charge is 0.254 e. The average Bonchev–Trinajstić information content (AvgIpc) is 2.81. The van der Waals surface area contributed by atoms with E-state index in [9.17, 15) is 4.79 Å². The van der Waals surface area contributed by atoms with Crippen molar-refractivity contribution in [2.45, 2.75) is 39.2 Å². The molecule has 3 nitrogen and oxygen atoms in total. The van der Waals surface area contributed by atoms with Crippen LogP contribution in [0.15, 0.2) is 16.6 Å². The second-order valence-electron chi connectivity index (χ2n) is 4.87. The van der Waals surface area contributed by atoms with E-state index in [1.165, 1.54) is 0 Å². The Bertz CT molecular complexity index is 473. The largest absolute Gasteiger partial charge is 0.398 e. The number of hydrogen-bond acceptors (Lipinski definition) is 2. The summed E-state index contributed by atoms with van der Waals surface area (Å²) in [6, 6.07) is 4.10. The van der Waals surface area contributed by atoms with Crippen molar-refractivity contribution in [1.82, 2.24) is 4.90 Å². The van der Waals surface area contributed by atoms with E-state index < -0.39 is 0 Å². The average molecular weight is 311 g/mol. The van der Waals surface area contributed by atoms with Crippen LogP contribution in [-0.4, -0.2) is 23.4 Å². The van der Waals surface area contributed by atoms with Crippen molar-refractivity contribution < 1.29 is 4.79 Å². The molecule has 0 aromatic heterocycles. The molecule has 1 saturated heterocycles. The lowest BCUT2D eigenvalue weighted by Gasteiger charge is -2.24. The number of halogens is 1. The molecule has 2 rings (SSSR count). The fourth-order valence-corrected chi connectivity index (χ4v) is 3.08. The second kappa shape index (κ2) is 5.31. The van der Waals surface area contributed by atoms with Crippen LogP contribution in [0.5, 0.6) is 0 Å². The Labute approximate surface area is 116 Å². The van der Waals surface area contributed by atoms with Crippen molar-refractivity contribution in [2.24, 2.45) is 0 Å². The maximum absolute atomic E-state index is 12.6. The third-order valence-electron chi connectivity index (χ3n) is 3.75. The quantitative estimate of drug-likeness (QED) is 0.851. The predicted octanol–water partition coefficient (Wildman–Crippen LogP) is 3.35. The number of likely N-dealkylation sites (tertiary alicyclic amines) is 1. The van der Waals surface area contributed by atoms with Crippen molar-refractivity contribution in [3.63, 3.8) is 0 Å². The summed E-state index contributed by atoms with van der Waals surface area (Å²) < 4.78 is 0.862. The first-order valence-electron chi connectivity index (χ1n) is 6.41. The van der Waals surface area contributed by atoms with Gasteiger partial charge in [-0.1, -0.05) is 22.9 Å². The molecular formula is C14H19BrN2O. The van der Waals surface area contributed by atoms with Crippen LogP contribution in [0.2, 0.25) is 0 Å². The zero-order chi connectivity index (χ0) is 13.3. The molecule has 98 valence electrons. The van der Waals surface area contributed by atoms with Crippen LogP contribution in [0.1, 0.15) is 42.1 Å². The number of benzene rings is 1. The Morgan fingerprint density at radius 1 is 1.56 bits per heavy atom. The number of nitrogens with two attached hydrogens (primary N) is 1. The van der Waals surface area contributed by atoms with Gasteiger partial charge in [0.2, 0.25) is 0 Å². The van der Waals surface area contributed by atoms with E-state index in [0.717, 1.165) is 41.4 Å². The van der Waals surface area contributed by atoms with E-state index in [0.29, 0.717) is 11.7 Å². The van der Waals surface area contributed by atoms with Gasteiger partial charge in [-0.2, -0.15) is 0 Å². The van der Waals surface area contributed by atoms with Crippen molar-refractivity contribution in [3.8, 4) is 0 Å². The van der Waals surface area contributed by atoms with E-state index in [2.05, 4.69) is 22.9 Å². The molecule has 0 aliphatic carbocycles. The van der Waals surface area contributed by atoms with Gasteiger partial charge in [-0.15, -0.1) is 0 Å². The number of rotatable bonds is 2. The highest BCUT2D eigenvalue weighted by molar-refractivity contribution is 9.10. The SMILES string of the molecule is CCC1CCCN1C(=O)c1cc(Br)cc(N)c1C. The Balaban J connectivity index is 2.34. The van der Waals surface area contributed by atoms with Crippen LogP contribution in [-0.2, 0) is 0 Å². The highest BCUT2D eigenvalue weighted by Crippen LogP contribution is 2.27. The summed E-state index contributed by atoms with van der Waals surface area (Å²) in [4.78, 5) is 14.6. The molecule has 0 spiro atoms. The van der Waals surface area contributed by atoms with Gasteiger partial charge in [-0.25, -0.2) is 0 Å². The fraction of sp³-hybridized carbons (Fsp3) is 0.500. The first-order valence-corrected chi connectivity index (χ1v) is 7.20. The summed E-state index contributed by atoms with van der Waals surface area (Å²) >= 11 is 3.41. The van der Waals surface area contributed by atoms with E-state index >= 15 is 0 Å². The van der Waals surface area contributed by atoms with Gasteiger partial charge in [0.1, 0.15) is 0 Å². The molecular weight excluding hydrogens is 292 g/mol. The molecule has 18 heavy (non-hydrogen) atoms. The molecule has 0 bridgehead atoms. The van der Waals surface area contributed by atoms with E-state index in [1.807, 2.05) is 24.0 Å². The van der Waals surface area contributed by atoms with E-state index in [-0.39, 0.29) is 5.91 Å². The number of amides is 1. The lowest BCUT2D eigenvalue weighted by atomic mass is 10.0. The Kier molecular flexibility index (Phi) is 3.95. The van der Waals surface area contributed by atoms with Crippen molar-refractivity contribution in [2.75, 3.05) is 12.3 Å². The van der Waals surface area contributed by atoms with Gasteiger partial charge < -0.3 is 10.6 Å². The third kappa shape index (κ3) is 2.39. The van der Waals surface area contributed by atoms with E-state index in [1.54, 1.807) is 0 Å². The molecule has 1 aromatic rings. The topological polar surface area (TPSA) is 46.3 Å². The summed E-state index contributed by atoms with van der Waals surface area (Å²) in [5.41, 5.74) is 8.19. The number of carbonyl (C=O) groups excluding carboxylic acids is 1. The Morgan fingerprint density at radius 2 is 2.28 bits per heavy atom. The van der Waals surface area contributed by atoms with Crippen molar-refractivity contribution in [3.05, 3.63) is 27.7 Å². The van der Waals surface area contributed by atoms with Crippen LogP contribution in [0.25, 0.3) is 0 Å². The summed E-state index contributed by atoms with van der Waals surface area (Å²) in [5.74, 6) is 0.116. The van der Waals surface area contributed by atoms with Gasteiger partial charge >= 0.3 is 0 Å². The molecule has 1 atom stereocenters. The Morgan fingerprint density at radius 3 is 2.94 bits per heavy atom. The number of nitrogens with zero attached hydrogens (tertiary/aromatic N) is 1. The van der Waals surface area contributed by atoms with Crippen LogP contribution in [0.3, 0.4) is 0 Å². The standard InChI is InChI=1S/C14H19BrN2O/c1-3-11-5-4-6-17(11)14(18)12-7-10(15)8-13(16)9(12)2/h7-8,11H,3-6,16H2,1-2H3. The molecule has 1 aliphatic rings. The van der Waals surface area contributed by atoms with Gasteiger partial charge in [-0.3, -0.25) is 4.79 Å². The summed E-state index contributed by atoms with van der Waals surface area (Å²) in [5, 5.41) is 0. The maximum Gasteiger partial charge on any atom is 0.254 e. The predicted molar refractivity (Wildman–Crippen MR) is 77.6 cm³/mol. The highest BCUT2D eigenvalue weighted by atomic mass is 79.9. The molecule has 1 aromatic carbocycles. The van der Waals surface area contributed by atoms with Gasteiger partial charge in [0, 0.05) is 28.3 Å². The van der Waals surface area contributed by atoms with Gasteiger partial charge in [-0.05, 0) is 43.9 Å². The number of hydrogen-bond donors (Lipinski definition) is 1. The Hall–Kier alpha value is -1.03. The van der Waals surface area contributed by atoms with Crippen molar-refractivity contribution in [1.29, 1.82) is 0 Å². The van der Waals surface area contributed by atoms with Crippen LogP contribution >= 0.6 is 15.9 Å². The summed E-state index contributed by atoms with van der Waals surface area (Å²) in [7, 11) is 0. The zero-order valence-electron chi connectivity index (χ0n) is 10.9. The van der Waals surface area contributed by atoms with Crippen LogP contribution < -0.4 is 5.73 Å². The minimum absolute atomic E-state index is 0.116. The lowest BCUT2D eigenvalue weighted by Crippen LogP contribution is -2.35. The summed E-state index contributed by atoms with van der Waals surface area (Å²) in [6.07, 6.45) is 3.24. The molecule has 0 radical (unpaired) electrons. The molecule has 1 amide bonds. The first-order chi connectivity index (χ1) is 8.54. The normalized spacial score (nSPS) is 19.3. The number of anilines is 1. The first kappa shape index (κ1) is 13.4. The van der Waals surface area contributed by atoms with Crippen molar-refractivity contribution >= 4 is 27.5 Å². The van der Waals surface area contributed by atoms with Crippen LogP contribution in [0, 0.1) is 6.92 Å². The van der Waals surface area contributed by atoms with Gasteiger partial charge in [0.15, 0.2) is 0 Å². The fourth-order valence-electron chi connectivity index (χ4n) is 2.60. The van der Waals surface area contributed by atoms with Gasteiger partial charge in [0.25, 0.3) is 5.91 Å². The number of nitrogen functional groups attached to an aromatic ring is 1. The van der Waals surface area contributed by atoms with Gasteiger partial charge in [0.05, 0.1) is 0 Å². The monoisotopic (exact) mass is 310 g/mol. The lowest BCUT2D eigenvalue weighted by molar-refractivity contribution is 0.0733. The summed E-state index contributed by atoms with van der Waals surface area (Å²) in [6.45, 7) is 4.91. The number of carbonyl (C=O) groups is 1. The minimum atomic E-state index is 0.116. The van der Waals surface area contributed by atoms with Crippen LogP contribution in [0.4, 0.5) is 5.69 Å². The third-order valence-corrected chi connectivity index (χ3v) is 4.21. The maximum atomic E-state index is 12.6. The van der Waals surface area contributed by atoms with E-state index in [4.69, 9.17) is 5.73 Å². The highest BCUT2D eigenvalue weighted by Gasteiger charge is 2.29.